The van der Waals surface area contributed by atoms with E-state index < -0.39 is 0 Å². The van der Waals surface area contributed by atoms with Gasteiger partial charge in [-0.05, 0) is 0 Å². The number of oxazole rings is 1. The van der Waals surface area contributed by atoms with Crippen molar-refractivity contribution in [1.82, 2.24) is 4.98 Å². The molecular weight excluding hydrogens is 128 g/mol. The van der Waals surface area contributed by atoms with Gasteiger partial charge in [-0.1, -0.05) is 13.8 Å². The summed E-state index contributed by atoms with van der Waals surface area (Å²) in [5.74, 6) is 0.902. The molecule has 0 unspecified atom stereocenters. The minimum atomic E-state index is 0.233. The Bertz CT molecular complexity index is 257. The molecule has 52 valence electrons. The van der Waals surface area contributed by atoms with Crippen molar-refractivity contribution >= 4 is 0 Å². The second-order valence-corrected chi connectivity index (χ2v) is 2.33. The third kappa shape index (κ3) is 1.01. The molecule has 1 aromatic rings. The van der Waals surface area contributed by atoms with Crippen molar-refractivity contribution in [2.24, 2.45) is 0 Å². The van der Waals surface area contributed by atoms with E-state index in [1.54, 1.807) is 0 Å². The topological polar surface area (TPSA) is 49.8 Å². The minimum Gasteiger partial charge on any atom is -0.447 e. The van der Waals surface area contributed by atoms with Gasteiger partial charge in [-0.25, -0.2) is 4.98 Å². The summed E-state index contributed by atoms with van der Waals surface area (Å²) >= 11 is 0. The summed E-state index contributed by atoms with van der Waals surface area (Å²) in [5, 5.41) is 8.48. The zero-order chi connectivity index (χ0) is 7.56. The maximum atomic E-state index is 8.48. The standard InChI is InChI=1S/C7H8N2O/c1-5(2)7-6(3-8)9-4-10-7/h4-5H,1-2H3. The molecule has 0 bridgehead atoms. The molecular formula is C7H8N2O. The Morgan fingerprint density at radius 2 is 2.40 bits per heavy atom. The van der Waals surface area contributed by atoms with E-state index in [0.717, 1.165) is 0 Å². The lowest BCUT2D eigenvalue weighted by molar-refractivity contribution is 0.481. The number of rotatable bonds is 1. The quantitative estimate of drug-likeness (QED) is 0.590. The number of aromatic nitrogens is 1. The predicted molar refractivity (Wildman–Crippen MR) is 35.3 cm³/mol. The maximum Gasteiger partial charge on any atom is 0.182 e. The van der Waals surface area contributed by atoms with Crippen LogP contribution in [-0.2, 0) is 0 Å². The van der Waals surface area contributed by atoms with Crippen LogP contribution in [0.1, 0.15) is 31.2 Å². The summed E-state index contributed by atoms with van der Waals surface area (Å²) in [6, 6.07) is 1.95. The van der Waals surface area contributed by atoms with Gasteiger partial charge in [0, 0.05) is 5.92 Å². The molecule has 10 heavy (non-hydrogen) atoms. The fourth-order valence-corrected chi connectivity index (χ4v) is 0.749. The van der Waals surface area contributed by atoms with Crippen LogP contribution in [0.2, 0.25) is 0 Å². The van der Waals surface area contributed by atoms with Crippen molar-refractivity contribution < 1.29 is 4.42 Å². The van der Waals surface area contributed by atoms with Gasteiger partial charge in [-0.3, -0.25) is 0 Å². The highest BCUT2D eigenvalue weighted by atomic mass is 16.3. The molecule has 3 nitrogen and oxygen atoms in total. The molecule has 0 saturated carbocycles. The third-order valence-electron chi connectivity index (χ3n) is 1.23. The molecule has 0 atom stereocenters. The van der Waals surface area contributed by atoms with E-state index >= 15 is 0 Å². The molecule has 0 aliphatic rings. The number of hydrogen-bond acceptors (Lipinski definition) is 3. The number of hydrogen-bond donors (Lipinski definition) is 0. The van der Waals surface area contributed by atoms with Crippen LogP contribution in [-0.4, -0.2) is 4.98 Å². The Morgan fingerprint density at radius 1 is 1.70 bits per heavy atom. The largest absolute Gasteiger partial charge is 0.447 e. The van der Waals surface area contributed by atoms with E-state index in [1.165, 1.54) is 6.39 Å². The SMILES string of the molecule is CC(C)c1ocnc1C#N. The van der Waals surface area contributed by atoms with Gasteiger partial charge >= 0.3 is 0 Å². The number of nitriles is 1. The lowest BCUT2D eigenvalue weighted by atomic mass is 10.1. The van der Waals surface area contributed by atoms with Gasteiger partial charge in [-0.2, -0.15) is 5.26 Å². The number of nitrogens with zero attached hydrogens (tertiary/aromatic N) is 2. The van der Waals surface area contributed by atoms with E-state index in [-0.39, 0.29) is 5.92 Å². The van der Waals surface area contributed by atoms with Gasteiger partial charge in [0.1, 0.15) is 11.8 Å². The van der Waals surface area contributed by atoms with E-state index in [1.807, 2.05) is 19.9 Å². The molecule has 0 radical (unpaired) electrons. The summed E-state index contributed by atoms with van der Waals surface area (Å²) in [4.78, 5) is 3.73. The van der Waals surface area contributed by atoms with Crippen LogP contribution in [0, 0.1) is 11.3 Å². The Kier molecular flexibility index (Phi) is 1.72. The third-order valence-corrected chi connectivity index (χ3v) is 1.23. The van der Waals surface area contributed by atoms with Crippen molar-refractivity contribution in [2.75, 3.05) is 0 Å². The zero-order valence-corrected chi connectivity index (χ0v) is 5.96. The Morgan fingerprint density at radius 3 is 2.80 bits per heavy atom. The van der Waals surface area contributed by atoms with Crippen LogP contribution in [0.25, 0.3) is 0 Å². The summed E-state index contributed by atoms with van der Waals surface area (Å²) in [7, 11) is 0. The highest BCUT2D eigenvalue weighted by Gasteiger charge is 2.09. The average Bonchev–Trinajstić information content (AvgIpc) is 2.33. The zero-order valence-electron chi connectivity index (χ0n) is 5.96. The average molecular weight is 136 g/mol. The second kappa shape index (κ2) is 2.53. The predicted octanol–water partition coefficient (Wildman–Crippen LogP) is 1.67. The monoisotopic (exact) mass is 136 g/mol. The Labute approximate surface area is 59.3 Å². The van der Waals surface area contributed by atoms with Gasteiger partial charge in [0.15, 0.2) is 12.1 Å². The lowest BCUT2D eigenvalue weighted by Gasteiger charge is -1.96. The van der Waals surface area contributed by atoms with Crippen LogP contribution in [0.3, 0.4) is 0 Å². The van der Waals surface area contributed by atoms with E-state index in [9.17, 15) is 0 Å². The fourth-order valence-electron chi connectivity index (χ4n) is 0.749. The first-order valence-electron chi connectivity index (χ1n) is 3.09. The molecule has 3 heteroatoms. The summed E-state index contributed by atoms with van der Waals surface area (Å²) in [6.45, 7) is 3.92. The molecule has 1 rings (SSSR count). The Hall–Kier alpha value is -1.30. The van der Waals surface area contributed by atoms with Crippen LogP contribution in [0.5, 0.6) is 0 Å². The van der Waals surface area contributed by atoms with Crippen molar-refractivity contribution in [2.45, 2.75) is 19.8 Å². The summed E-state index contributed by atoms with van der Waals surface area (Å²) < 4.78 is 4.98. The first-order valence-corrected chi connectivity index (χ1v) is 3.09. The molecule has 0 aliphatic carbocycles. The highest BCUT2D eigenvalue weighted by Crippen LogP contribution is 2.16. The van der Waals surface area contributed by atoms with Crippen molar-refractivity contribution in [3.05, 3.63) is 17.8 Å². The normalized spacial score (nSPS) is 9.80. The van der Waals surface area contributed by atoms with E-state index in [4.69, 9.17) is 9.68 Å². The molecule has 0 spiro atoms. The summed E-state index contributed by atoms with van der Waals surface area (Å²) in [5.41, 5.74) is 0.398. The van der Waals surface area contributed by atoms with Gasteiger partial charge in [0.05, 0.1) is 0 Å². The molecule has 0 saturated heterocycles. The molecule has 0 aliphatic heterocycles. The van der Waals surface area contributed by atoms with Gasteiger partial charge in [0.25, 0.3) is 0 Å². The van der Waals surface area contributed by atoms with Crippen LogP contribution in [0.15, 0.2) is 10.8 Å². The highest BCUT2D eigenvalue weighted by molar-refractivity contribution is 5.24. The summed E-state index contributed by atoms with van der Waals surface area (Å²) in [6.07, 6.45) is 1.30. The van der Waals surface area contributed by atoms with Gasteiger partial charge in [-0.15, -0.1) is 0 Å². The van der Waals surface area contributed by atoms with Crippen molar-refractivity contribution in [3.8, 4) is 6.07 Å². The maximum absolute atomic E-state index is 8.48. The fraction of sp³-hybridized carbons (Fsp3) is 0.429. The molecule has 1 heterocycles. The second-order valence-electron chi connectivity index (χ2n) is 2.33. The van der Waals surface area contributed by atoms with E-state index in [0.29, 0.717) is 11.5 Å². The first kappa shape index (κ1) is 6.81. The molecule has 0 aromatic carbocycles. The van der Waals surface area contributed by atoms with Crippen molar-refractivity contribution in [3.63, 3.8) is 0 Å². The van der Waals surface area contributed by atoms with Crippen LogP contribution >= 0.6 is 0 Å². The lowest BCUT2D eigenvalue weighted by Crippen LogP contribution is -1.87. The van der Waals surface area contributed by atoms with Gasteiger partial charge in [0.2, 0.25) is 0 Å². The minimum absolute atomic E-state index is 0.233. The van der Waals surface area contributed by atoms with Crippen molar-refractivity contribution in [1.29, 1.82) is 5.26 Å². The molecule has 0 amide bonds. The molecule has 1 aromatic heterocycles. The van der Waals surface area contributed by atoms with Crippen LogP contribution in [0.4, 0.5) is 0 Å². The van der Waals surface area contributed by atoms with Crippen LogP contribution < -0.4 is 0 Å². The Balaban J connectivity index is 3.05. The van der Waals surface area contributed by atoms with Gasteiger partial charge < -0.3 is 4.42 Å². The first-order chi connectivity index (χ1) is 4.75. The van der Waals surface area contributed by atoms with E-state index in [2.05, 4.69) is 4.98 Å². The smallest absolute Gasteiger partial charge is 0.182 e. The molecule has 0 N–H and O–H groups in total. The molecule has 0 fully saturated rings.